The lowest BCUT2D eigenvalue weighted by Crippen LogP contribution is -2.29. The van der Waals surface area contributed by atoms with Gasteiger partial charge in [0.25, 0.3) is 0 Å². The van der Waals surface area contributed by atoms with E-state index in [1.807, 2.05) is 12.1 Å². The fraction of sp³-hybridized carbons (Fsp3) is 0.0769. The summed E-state index contributed by atoms with van der Waals surface area (Å²) in [5.41, 5.74) is 10.1. The number of benzene rings is 1. The zero-order valence-electron chi connectivity index (χ0n) is 9.63. The fourth-order valence-electron chi connectivity index (χ4n) is 1.60. The summed E-state index contributed by atoms with van der Waals surface area (Å²) in [5.74, 6) is -0.469. The van der Waals surface area contributed by atoms with Crippen LogP contribution >= 0.6 is 0 Å². The minimum absolute atomic E-state index is 0.435. The molecule has 0 atom stereocenters. The largest absolute Gasteiger partial charge is 0.366 e. The van der Waals surface area contributed by atoms with Gasteiger partial charge >= 0.3 is 0 Å². The van der Waals surface area contributed by atoms with Crippen LogP contribution in [0.25, 0.3) is 0 Å². The summed E-state index contributed by atoms with van der Waals surface area (Å²) in [6.07, 6.45) is 5.16. The first-order valence-corrected chi connectivity index (χ1v) is 5.40. The van der Waals surface area contributed by atoms with Gasteiger partial charge in [-0.1, -0.05) is 18.2 Å². The van der Waals surface area contributed by atoms with E-state index in [4.69, 9.17) is 11.0 Å². The topological polar surface area (TPSA) is 82.2 Å². The van der Waals surface area contributed by atoms with Crippen LogP contribution in [0.3, 0.4) is 0 Å². The van der Waals surface area contributed by atoms with E-state index in [1.165, 1.54) is 0 Å². The Morgan fingerprint density at radius 2 is 2.33 bits per heavy atom. The predicted octanol–water partition coefficient (Wildman–Crippen LogP) is 1.13. The molecule has 18 heavy (non-hydrogen) atoms. The first kappa shape index (κ1) is 11.7. The normalized spacial score (nSPS) is 13.7. The first-order chi connectivity index (χ1) is 8.69. The maximum Gasteiger partial charge on any atom is 0.250 e. The molecule has 90 valence electrons. The van der Waals surface area contributed by atoms with Gasteiger partial charge in [0, 0.05) is 6.20 Å². The summed E-state index contributed by atoms with van der Waals surface area (Å²) in [5, 5.41) is 10.5. The maximum atomic E-state index is 11.1. The van der Waals surface area contributed by atoms with E-state index in [0.29, 0.717) is 17.7 Å². The molecule has 1 aliphatic rings. The van der Waals surface area contributed by atoms with E-state index >= 15 is 0 Å². The molecule has 0 aromatic heterocycles. The average molecular weight is 240 g/mol. The van der Waals surface area contributed by atoms with Crippen molar-refractivity contribution in [1.82, 2.24) is 5.01 Å². The van der Waals surface area contributed by atoms with E-state index in [0.717, 1.165) is 5.69 Å². The van der Waals surface area contributed by atoms with Crippen molar-refractivity contribution in [3.8, 4) is 6.07 Å². The van der Waals surface area contributed by atoms with Gasteiger partial charge in [-0.3, -0.25) is 15.2 Å². The van der Waals surface area contributed by atoms with Crippen LogP contribution in [0.15, 0.2) is 48.2 Å². The lowest BCUT2D eigenvalue weighted by Gasteiger charge is -2.24. The number of hydrogen-bond donors (Lipinski definition) is 2. The van der Waals surface area contributed by atoms with Gasteiger partial charge in [-0.15, -0.1) is 0 Å². The van der Waals surface area contributed by atoms with Gasteiger partial charge < -0.3 is 5.73 Å². The van der Waals surface area contributed by atoms with Gasteiger partial charge in [-0.05, 0) is 18.2 Å². The van der Waals surface area contributed by atoms with Gasteiger partial charge in [-0.2, -0.15) is 5.26 Å². The number of amides is 1. The van der Waals surface area contributed by atoms with Crippen molar-refractivity contribution in [2.24, 2.45) is 5.73 Å². The predicted molar refractivity (Wildman–Crippen MR) is 67.9 cm³/mol. The summed E-state index contributed by atoms with van der Waals surface area (Å²) in [4.78, 5) is 11.1. The van der Waals surface area contributed by atoms with E-state index in [-0.39, 0.29) is 0 Å². The minimum Gasteiger partial charge on any atom is -0.366 e. The first-order valence-electron chi connectivity index (χ1n) is 5.40. The number of hydrazine groups is 1. The van der Waals surface area contributed by atoms with Crippen LogP contribution in [0.4, 0.5) is 5.69 Å². The third-order valence-electron chi connectivity index (χ3n) is 2.44. The van der Waals surface area contributed by atoms with Gasteiger partial charge in [0.15, 0.2) is 0 Å². The SMILES string of the molecule is N#Cc1cccc(NN2C=C(C(N)=O)C=CC2)c1. The number of nitrogens with zero attached hydrogens (tertiary/aromatic N) is 2. The Morgan fingerprint density at radius 3 is 3.06 bits per heavy atom. The molecule has 1 amide bonds. The molecular weight excluding hydrogens is 228 g/mol. The number of anilines is 1. The lowest BCUT2D eigenvalue weighted by atomic mass is 10.2. The Balaban J connectivity index is 2.13. The smallest absolute Gasteiger partial charge is 0.250 e. The highest BCUT2D eigenvalue weighted by Gasteiger charge is 2.09. The van der Waals surface area contributed by atoms with E-state index in [1.54, 1.807) is 35.5 Å². The number of nitrogens with one attached hydrogen (secondary N) is 1. The Bertz CT molecular complexity index is 569. The van der Waals surface area contributed by atoms with Crippen LogP contribution in [-0.4, -0.2) is 17.5 Å². The Kier molecular flexibility index (Phi) is 3.30. The van der Waals surface area contributed by atoms with E-state index in [9.17, 15) is 4.79 Å². The summed E-state index contributed by atoms with van der Waals surface area (Å²) in [7, 11) is 0. The van der Waals surface area contributed by atoms with Crippen LogP contribution in [0.5, 0.6) is 0 Å². The number of rotatable bonds is 3. The molecule has 0 radical (unpaired) electrons. The molecule has 5 heteroatoms. The molecule has 1 aromatic carbocycles. The second kappa shape index (κ2) is 5.06. The van der Waals surface area contributed by atoms with Crippen LogP contribution in [0.1, 0.15) is 5.56 Å². The highest BCUT2D eigenvalue weighted by Crippen LogP contribution is 2.13. The molecule has 0 bridgehead atoms. The van der Waals surface area contributed by atoms with Crippen molar-refractivity contribution >= 4 is 11.6 Å². The molecule has 2 rings (SSSR count). The van der Waals surface area contributed by atoms with Crippen molar-refractivity contribution in [2.45, 2.75) is 0 Å². The molecule has 0 fully saturated rings. The summed E-state index contributed by atoms with van der Waals surface area (Å²) in [6, 6.07) is 9.17. The van der Waals surface area contributed by atoms with Crippen LogP contribution < -0.4 is 11.2 Å². The Hall–Kier alpha value is -2.74. The Morgan fingerprint density at radius 1 is 1.50 bits per heavy atom. The van der Waals surface area contributed by atoms with Crippen LogP contribution in [0, 0.1) is 11.3 Å². The standard InChI is InChI=1S/C13H12N4O/c14-8-10-3-1-5-12(7-10)16-17-6-2-4-11(9-17)13(15)18/h1-5,7,9,16H,6H2,(H2,15,18). The van der Waals surface area contributed by atoms with Gasteiger partial charge in [0.1, 0.15) is 0 Å². The van der Waals surface area contributed by atoms with Gasteiger partial charge in [-0.25, -0.2) is 0 Å². The summed E-state index contributed by atoms with van der Waals surface area (Å²) < 4.78 is 0. The molecule has 1 aliphatic heterocycles. The molecule has 1 aromatic rings. The Labute approximate surface area is 105 Å². The average Bonchev–Trinajstić information content (AvgIpc) is 2.39. The van der Waals surface area contributed by atoms with Crippen molar-refractivity contribution in [1.29, 1.82) is 5.26 Å². The second-order valence-electron chi connectivity index (χ2n) is 3.81. The number of hydrogen-bond acceptors (Lipinski definition) is 4. The molecule has 1 heterocycles. The van der Waals surface area contributed by atoms with E-state index < -0.39 is 5.91 Å². The van der Waals surface area contributed by atoms with Crippen molar-refractivity contribution in [3.05, 3.63) is 53.8 Å². The van der Waals surface area contributed by atoms with E-state index in [2.05, 4.69) is 11.5 Å². The maximum absolute atomic E-state index is 11.1. The molecule has 0 unspecified atom stereocenters. The number of nitrogens with two attached hydrogens (primary N) is 1. The number of nitriles is 1. The molecule has 3 N–H and O–H groups in total. The number of carbonyl (C=O) groups excluding carboxylic acids is 1. The lowest BCUT2D eigenvalue weighted by molar-refractivity contribution is -0.114. The molecule has 0 saturated carbocycles. The zero-order chi connectivity index (χ0) is 13.0. The molecular formula is C13H12N4O. The second-order valence-corrected chi connectivity index (χ2v) is 3.81. The third-order valence-corrected chi connectivity index (χ3v) is 2.44. The molecule has 0 aliphatic carbocycles. The number of carbonyl (C=O) groups is 1. The minimum atomic E-state index is -0.469. The fourth-order valence-corrected chi connectivity index (χ4v) is 1.60. The highest BCUT2D eigenvalue weighted by molar-refractivity contribution is 5.94. The van der Waals surface area contributed by atoms with Crippen molar-refractivity contribution in [3.63, 3.8) is 0 Å². The highest BCUT2D eigenvalue weighted by atomic mass is 16.1. The van der Waals surface area contributed by atoms with Crippen molar-refractivity contribution in [2.75, 3.05) is 12.0 Å². The summed E-state index contributed by atoms with van der Waals surface area (Å²) >= 11 is 0. The monoisotopic (exact) mass is 240 g/mol. The molecule has 0 spiro atoms. The van der Waals surface area contributed by atoms with Crippen molar-refractivity contribution < 1.29 is 4.79 Å². The number of primary amides is 1. The zero-order valence-corrected chi connectivity index (χ0v) is 9.63. The summed E-state index contributed by atoms with van der Waals surface area (Å²) in [6.45, 7) is 0.619. The molecule has 5 nitrogen and oxygen atoms in total. The van der Waals surface area contributed by atoms with Crippen LogP contribution in [-0.2, 0) is 4.79 Å². The quantitative estimate of drug-likeness (QED) is 0.829. The van der Waals surface area contributed by atoms with Crippen LogP contribution in [0.2, 0.25) is 0 Å². The third kappa shape index (κ3) is 2.68. The molecule has 0 saturated heterocycles. The van der Waals surface area contributed by atoms with Gasteiger partial charge in [0.05, 0.1) is 29.4 Å². The van der Waals surface area contributed by atoms with Gasteiger partial charge in [0.2, 0.25) is 5.91 Å².